The van der Waals surface area contributed by atoms with Gasteiger partial charge in [-0.05, 0) is 48.3 Å². The van der Waals surface area contributed by atoms with Crippen LogP contribution in [-0.2, 0) is 4.79 Å². The number of nitrogens with zero attached hydrogens (tertiary/aromatic N) is 2. The topological polar surface area (TPSA) is 129 Å². The first-order valence-corrected chi connectivity index (χ1v) is 8.75. The first-order chi connectivity index (χ1) is 13.1. The van der Waals surface area contributed by atoms with Gasteiger partial charge in [0.2, 0.25) is 11.8 Å². The molecular formula is C19H18ClF2N5O. The predicted octanol–water partition coefficient (Wildman–Crippen LogP) is 2.90. The third-order valence-corrected chi connectivity index (χ3v) is 4.58. The minimum Gasteiger partial charge on any atom is -0.389 e. The SMILES string of the molecule is N#Cc1cc(C#N)cc(C(C(=O)N/C(N)=C/C=C(\N)Cl)C2CCC(F)(F)C2)c1. The van der Waals surface area contributed by atoms with Gasteiger partial charge in [-0.25, -0.2) is 8.78 Å². The number of carbonyl (C=O) groups excluding carboxylic acids is 1. The summed E-state index contributed by atoms with van der Waals surface area (Å²) < 4.78 is 27.6. The highest BCUT2D eigenvalue weighted by molar-refractivity contribution is 6.29. The predicted molar refractivity (Wildman–Crippen MR) is 99.4 cm³/mol. The number of amides is 1. The zero-order chi connectivity index (χ0) is 20.9. The summed E-state index contributed by atoms with van der Waals surface area (Å²) in [5.74, 6) is -5.22. The number of carbonyl (C=O) groups is 1. The molecule has 0 radical (unpaired) electrons. The smallest absolute Gasteiger partial charge is 0.248 e. The average Bonchev–Trinajstić information content (AvgIpc) is 2.99. The molecule has 9 heteroatoms. The van der Waals surface area contributed by atoms with Gasteiger partial charge in [0.1, 0.15) is 5.82 Å². The molecular weight excluding hydrogens is 388 g/mol. The molecule has 28 heavy (non-hydrogen) atoms. The van der Waals surface area contributed by atoms with Gasteiger partial charge >= 0.3 is 0 Å². The van der Waals surface area contributed by atoms with Crippen LogP contribution in [0.3, 0.4) is 0 Å². The number of benzene rings is 1. The number of alkyl halides is 2. The highest BCUT2D eigenvalue weighted by atomic mass is 35.5. The molecule has 1 amide bonds. The third kappa shape index (κ3) is 5.45. The molecule has 0 aliphatic heterocycles. The zero-order valence-electron chi connectivity index (χ0n) is 14.8. The first kappa shape index (κ1) is 21.2. The molecule has 2 rings (SSSR count). The summed E-state index contributed by atoms with van der Waals surface area (Å²) in [4.78, 5) is 12.9. The Balaban J connectivity index is 2.43. The van der Waals surface area contributed by atoms with E-state index in [1.165, 1.54) is 30.4 Å². The molecule has 1 aromatic rings. The van der Waals surface area contributed by atoms with Crippen molar-refractivity contribution in [1.82, 2.24) is 5.32 Å². The number of hydrogen-bond acceptors (Lipinski definition) is 5. The monoisotopic (exact) mass is 405 g/mol. The molecule has 0 spiro atoms. The molecule has 1 saturated carbocycles. The van der Waals surface area contributed by atoms with Crippen LogP contribution < -0.4 is 16.8 Å². The van der Waals surface area contributed by atoms with Gasteiger partial charge in [0.15, 0.2) is 0 Å². The number of nitrogens with one attached hydrogen (secondary N) is 1. The van der Waals surface area contributed by atoms with Crippen LogP contribution >= 0.6 is 11.6 Å². The van der Waals surface area contributed by atoms with E-state index in [-0.39, 0.29) is 34.9 Å². The van der Waals surface area contributed by atoms with Gasteiger partial charge < -0.3 is 16.8 Å². The molecule has 0 bridgehead atoms. The normalized spacial score (nSPS) is 20.1. The molecule has 5 N–H and O–H groups in total. The maximum Gasteiger partial charge on any atom is 0.248 e. The van der Waals surface area contributed by atoms with E-state index in [0.717, 1.165) is 0 Å². The molecule has 0 aromatic heterocycles. The van der Waals surface area contributed by atoms with Crippen LogP contribution in [0, 0.1) is 28.6 Å². The van der Waals surface area contributed by atoms with Gasteiger partial charge in [0.25, 0.3) is 0 Å². The van der Waals surface area contributed by atoms with Crippen LogP contribution in [0.15, 0.2) is 41.3 Å². The summed E-state index contributed by atoms with van der Waals surface area (Å²) in [6, 6.07) is 8.05. The van der Waals surface area contributed by atoms with Crippen molar-refractivity contribution in [2.75, 3.05) is 0 Å². The molecule has 2 atom stereocenters. The fraction of sp³-hybridized carbons (Fsp3) is 0.316. The van der Waals surface area contributed by atoms with Crippen LogP contribution in [0.2, 0.25) is 0 Å². The molecule has 6 nitrogen and oxygen atoms in total. The first-order valence-electron chi connectivity index (χ1n) is 8.37. The summed E-state index contributed by atoms with van der Waals surface area (Å²) in [5.41, 5.74) is 11.7. The number of halogens is 3. The Morgan fingerprint density at radius 2 is 1.86 bits per heavy atom. The number of hydrogen-bond donors (Lipinski definition) is 3. The van der Waals surface area contributed by atoms with E-state index < -0.39 is 30.1 Å². The zero-order valence-corrected chi connectivity index (χ0v) is 15.5. The van der Waals surface area contributed by atoms with Gasteiger partial charge in [0.05, 0.1) is 34.3 Å². The second-order valence-electron chi connectivity index (χ2n) is 6.57. The van der Waals surface area contributed by atoms with E-state index in [0.29, 0.717) is 5.56 Å². The minimum absolute atomic E-state index is 0.0513. The van der Waals surface area contributed by atoms with E-state index in [4.69, 9.17) is 23.1 Å². The fourth-order valence-electron chi connectivity index (χ4n) is 3.30. The van der Waals surface area contributed by atoms with Gasteiger partial charge in [0, 0.05) is 12.8 Å². The maximum atomic E-state index is 13.8. The van der Waals surface area contributed by atoms with Crippen molar-refractivity contribution in [2.45, 2.75) is 31.1 Å². The van der Waals surface area contributed by atoms with Crippen LogP contribution in [-0.4, -0.2) is 11.8 Å². The summed E-state index contributed by atoms with van der Waals surface area (Å²) >= 11 is 5.50. The molecule has 1 aliphatic carbocycles. The Kier molecular flexibility index (Phi) is 6.61. The molecule has 0 heterocycles. The standard InChI is InChI=1S/C19H18ClF2N5O/c20-15(25)1-2-16(26)27-18(28)17(13-3-4-19(21,22)8-13)14-6-11(9-23)5-12(7-14)10-24/h1-2,5-7,13,17H,3-4,8,25-26H2,(H,27,28)/b15-1-,16-2+. The third-order valence-electron chi connectivity index (χ3n) is 4.46. The van der Waals surface area contributed by atoms with Crippen LogP contribution in [0.5, 0.6) is 0 Å². The van der Waals surface area contributed by atoms with E-state index in [1.54, 1.807) is 0 Å². The summed E-state index contributed by atoms with van der Waals surface area (Å²) in [6.07, 6.45) is 1.86. The van der Waals surface area contributed by atoms with Crippen LogP contribution in [0.1, 0.15) is 41.9 Å². The quantitative estimate of drug-likeness (QED) is 0.512. The van der Waals surface area contributed by atoms with Gasteiger partial charge in [-0.2, -0.15) is 10.5 Å². The molecule has 1 fully saturated rings. The number of rotatable bonds is 5. The molecule has 2 unspecified atom stereocenters. The van der Waals surface area contributed by atoms with E-state index in [1.807, 2.05) is 12.1 Å². The highest BCUT2D eigenvalue weighted by Gasteiger charge is 2.45. The van der Waals surface area contributed by atoms with Crippen molar-refractivity contribution in [3.8, 4) is 12.1 Å². The average molecular weight is 406 g/mol. The Morgan fingerprint density at radius 1 is 1.25 bits per heavy atom. The minimum atomic E-state index is -2.87. The van der Waals surface area contributed by atoms with Crippen molar-refractivity contribution in [2.24, 2.45) is 17.4 Å². The van der Waals surface area contributed by atoms with Crippen molar-refractivity contribution in [3.05, 3.63) is 58.0 Å². The van der Waals surface area contributed by atoms with E-state index >= 15 is 0 Å². The van der Waals surface area contributed by atoms with Gasteiger partial charge in [-0.1, -0.05) is 11.6 Å². The van der Waals surface area contributed by atoms with Crippen molar-refractivity contribution < 1.29 is 13.6 Å². The Hall–Kier alpha value is -3.10. The Morgan fingerprint density at radius 3 is 2.32 bits per heavy atom. The van der Waals surface area contributed by atoms with Gasteiger partial charge in [-0.3, -0.25) is 4.79 Å². The lowest BCUT2D eigenvalue weighted by atomic mass is 9.82. The molecule has 1 aromatic carbocycles. The van der Waals surface area contributed by atoms with Crippen molar-refractivity contribution in [3.63, 3.8) is 0 Å². The second-order valence-corrected chi connectivity index (χ2v) is 7.00. The molecule has 0 saturated heterocycles. The Labute approximate surface area is 166 Å². The van der Waals surface area contributed by atoms with Crippen LogP contribution in [0.4, 0.5) is 8.78 Å². The summed E-state index contributed by atoms with van der Waals surface area (Å²) in [5, 5.41) is 20.7. The van der Waals surface area contributed by atoms with Gasteiger partial charge in [-0.15, -0.1) is 0 Å². The van der Waals surface area contributed by atoms with Crippen molar-refractivity contribution >= 4 is 17.5 Å². The second kappa shape index (κ2) is 8.73. The van der Waals surface area contributed by atoms with Crippen molar-refractivity contribution in [1.29, 1.82) is 10.5 Å². The summed E-state index contributed by atoms with van der Waals surface area (Å²) in [7, 11) is 0. The number of nitrogens with two attached hydrogens (primary N) is 2. The molecule has 146 valence electrons. The molecule has 1 aliphatic rings. The highest BCUT2D eigenvalue weighted by Crippen LogP contribution is 2.45. The fourth-order valence-corrected chi connectivity index (χ4v) is 3.36. The number of nitriles is 2. The number of allylic oxidation sites excluding steroid dienone is 2. The van der Waals surface area contributed by atoms with E-state index in [2.05, 4.69) is 5.32 Å². The van der Waals surface area contributed by atoms with E-state index in [9.17, 15) is 24.1 Å². The largest absolute Gasteiger partial charge is 0.389 e. The lowest BCUT2D eigenvalue weighted by Crippen LogP contribution is -2.35. The lowest BCUT2D eigenvalue weighted by molar-refractivity contribution is -0.123. The summed E-state index contributed by atoms with van der Waals surface area (Å²) in [6.45, 7) is 0. The van der Waals surface area contributed by atoms with Crippen LogP contribution in [0.25, 0.3) is 0 Å². The maximum absolute atomic E-state index is 13.8. The Bertz CT molecular complexity index is 878. The lowest BCUT2D eigenvalue weighted by Gasteiger charge is -2.24.